The number of halogens is 4. The topological polar surface area (TPSA) is 100 Å². The van der Waals surface area contributed by atoms with Gasteiger partial charge in [0.2, 0.25) is 5.95 Å². The summed E-state index contributed by atoms with van der Waals surface area (Å²) in [5, 5.41) is 4.49. The van der Waals surface area contributed by atoms with E-state index in [9.17, 15) is 21.6 Å². The molecule has 5 rings (SSSR count). The van der Waals surface area contributed by atoms with E-state index in [0.717, 1.165) is 35.3 Å². The van der Waals surface area contributed by atoms with E-state index in [-0.39, 0.29) is 39.4 Å². The Labute approximate surface area is 200 Å². The highest BCUT2D eigenvalue weighted by Gasteiger charge is 2.34. The van der Waals surface area contributed by atoms with E-state index in [2.05, 4.69) is 36.0 Å². The number of sulfone groups is 1. The maximum absolute atomic E-state index is 13.2. The molecule has 34 heavy (non-hydrogen) atoms. The van der Waals surface area contributed by atoms with Crippen molar-refractivity contribution in [3.05, 3.63) is 34.2 Å². The minimum Gasteiger partial charge on any atom is -0.310 e. The molecule has 1 aliphatic rings. The zero-order valence-electron chi connectivity index (χ0n) is 18.3. The number of aryl methyl sites for hydroxylation is 1. The van der Waals surface area contributed by atoms with Gasteiger partial charge in [0.05, 0.1) is 21.5 Å². The van der Waals surface area contributed by atoms with Gasteiger partial charge in [-0.2, -0.15) is 18.3 Å². The molecule has 0 spiro atoms. The summed E-state index contributed by atoms with van der Waals surface area (Å²) in [5.41, 5.74) is 0.107. The molecule has 1 aliphatic carbocycles. The Bertz CT molecular complexity index is 1550. The van der Waals surface area contributed by atoms with Crippen molar-refractivity contribution in [1.82, 2.24) is 33.9 Å². The zero-order valence-corrected chi connectivity index (χ0v) is 20.7. The van der Waals surface area contributed by atoms with Gasteiger partial charge in [0.1, 0.15) is 11.2 Å². The molecule has 4 aromatic rings. The highest BCUT2D eigenvalue weighted by Crippen LogP contribution is 2.42. The number of nitrogens with zero attached hydrogens (tertiary/aromatic N) is 7. The summed E-state index contributed by atoms with van der Waals surface area (Å²) < 4.78 is 70.8. The van der Waals surface area contributed by atoms with Gasteiger partial charge in [-0.05, 0) is 34.8 Å². The van der Waals surface area contributed by atoms with Crippen molar-refractivity contribution in [2.45, 2.75) is 36.9 Å². The van der Waals surface area contributed by atoms with Crippen molar-refractivity contribution < 1.29 is 21.6 Å². The van der Waals surface area contributed by atoms with Crippen LogP contribution in [0.2, 0.25) is 0 Å². The van der Waals surface area contributed by atoms with E-state index < -0.39 is 21.6 Å². The van der Waals surface area contributed by atoms with Gasteiger partial charge in [-0.15, -0.1) is 0 Å². The normalized spacial score (nSPS) is 14.9. The van der Waals surface area contributed by atoms with E-state index in [1.54, 1.807) is 20.3 Å². The Balaban J connectivity index is 1.74. The maximum Gasteiger partial charge on any atom is 0.417 e. The lowest BCUT2D eigenvalue weighted by Crippen LogP contribution is -2.13. The van der Waals surface area contributed by atoms with Gasteiger partial charge < -0.3 is 9.13 Å². The van der Waals surface area contributed by atoms with Crippen molar-refractivity contribution in [2.75, 3.05) is 5.75 Å². The third kappa shape index (κ3) is 3.63. The molecular formula is C20H19BrF3N7O2S. The van der Waals surface area contributed by atoms with Crippen molar-refractivity contribution in [3.8, 4) is 17.5 Å². The molecule has 0 saturated heterocycles. The van der Waals surface area contributed by atoms with Crippen molar-refractivity contribution >= 4 is 36.9 Å². The molecule has 0 radical (unpaired) electrons. The van der Waals surface area contributed by atoms with Crippen molar-refractivity contribution in [3.63, 3.8) is 0 Å². The van der Waals surface area contributed by atoms with Gasteiger partial charge in [0.15, 0.2) is 26.3 Å². The number of alkyl halides is 3. The first-order valence-corrected chi connectivity index (χ1v) is 12.8. The zero-order chi connectivity index (χ0) is 24.6. The lowest BCUT2D eigenvalue weighted by atomic mass is 10.2. The predicted molar refractivity (Wildman–Crippen MR) is 120 cm³/mol. The fourth-order valence-electron chi connectivity index (χ4n) is 3.86. The first-order valence-electron chi connectivity index (χ1n) is 10.4. The fraction of sp³-hybridized carbons (Fsp3) is 0.400. The Kier molecular flexibility index (Phi) is 5.17. The van der Waals surface area contributed by atoms with Gasteiger partial charge in [-0.1, -0.05) is 6.92 Å². The van der Waals surface area contributed by atoms with E-state index in [4.69, 9.17) is 0 Å². The molecule has 180 valence electrons. The van der Waals surface area contributed by atoms with E-state index in [1.165, 1.54) is 20.7 Å². The second kappa shape index (κ2) is 7.63. The highest BCUT2D eigenvalue weighted by molar-refractivity contribution is 9.10. The first-order chi connectivity index (χ1) is 15.9. The van der Waals surface area contributed by atoms with Crippen LogP contribution in [0.3, 0.4) is 0 Å². The number of fused-ring (bicyclic) bond motifs is 1. The summed E-state index contributed by atoms with van der Waals surface area (Å²) in [6.45, 7) is 1.51. The molecule has 14 heteroatoms. The molecular weight excluding hydrogens is 539 g/mol. The Morgan fingerprint density at radius 2 is 1.88 bits per heavy atom. The lowest BCUT2D eigenvalue weighted by molar-refractivity contribution is -0.137. The molecule has 0 unspecified atom stereocenters. The third-order valence-electron chi connectivity index (χ3n) is 5.81. The summed E-state index contributed by atoms with van der Waals surface area (Å²) in [4.78, 5) is 12.8. The lowest BCUT2D eigenvalue weighted by Gasteiger charge is -2.07. The molecule has 0 amide bonds. The molecule has 1 fully saturated rings. The molecule has 1 saturated carbocycles. The van der Waals surface area contributed by atoms with E-state index in [0.29, 0.717) is 5.92 Å². The molecule has 4 aromatic heterocycles. The SMILES string of the molecule is CCS(=O)(=O)c1c(-c2nc3cc(C(F)(F)F)cnc3n2C)nc(-n2cc(Br)c(C3CC3)n2)n1C. The van der Waals surface area contributed by atoms with Gasteiger partial charge in [-0.25, -0.2) is 28.1 Å². The minimum atomic E-state index is -4.58. The summed E-state index contributed by atoms with van der Waals surface area (Å²) in [6.07, 6.45) is -0.0793. The quantitative estimate of drug-likeness (QED) is 0.367. The van der Waals surface area contributed by atoms with Crippen LogP contribution < -0.4 is 0 Å². The summed E-state index contributed by atoms with van der Waals surface area (Å²) in [7, 11) is -0.682. The number of aromatic nitrogens is 7. The van der Waals surface area contributed by atoms with Gasteiger partial charge >= 0.3 is 6.18 Å². The summed E-state index contributed by atoms with van der Waals surface area (Å²) in [5.74, 6) is 0.480. The van der Waals surface area contributed by atoms with Gasteiger partial charge in [0, 0.05) is 32.4 Å². The highest BCUT2D eigenvalue weighted by atomic mass is 79.9. The van der Waals surface area contributed by atoms with Crippen LogP contribution in [0.15, 0.2) is 28.0 Å². The van der Waals surface area contributed by atoms with Crippen LogP contribution in [0, 0.1) is 0 Å². The Morgan fingerprint density at radius 1 is 1.18 bits per heavy atom. The monoisotopic (exact) mass is 557 g/mol. The van der Waals surface area contributed by atoms with Gasteiger partial charge in [0.25, 0.3) is 0 Å². The second-order valence-electron chi connectivity index (χ2n) is 8.17. The van der Waals surface area contributed by atoms with Crippen LogP contribution in [-0.2, 0) is 30.1 Å². The largest absolute Gasteiger partial charge is 0.417 e. The Morgan fingerprint density at radius 3 is 2.50 bits per heavy atom. The number of hydrogen-bond donors (Lipinski definition) is 0. The smallest absolute Gasteiger partial charge is 0.310 e. The molecule has 0 N–H and O–H groups in total. The molecule has 0 aliphatic heterocycles. The van der Waals surface area contributed by atoms with Crippen LogP contribution in [0.25, 0.3) is 28.6 Å². The average Bonchev–Trinajstić information content (AvgIpc) is 3.34. The molecule has 0 aromatic carbocycles. The molecule has 9 nitrogen and oxygen atoms in total. The number of imidazole rings is 2. The van der Waals surface area contributed by atoms with E-state index >= 15 is 0 Å². The van der Waals surface area contributed by atoms with Crippen molar-refractivity contribution in [2.24, 2.45) is 14.1 Å². The van der Waals surface area contributed by atoms with Crippen LogP contribution >= 0.6 is 15.9 Å². The number of rotatable bonds is 5. The maximum atomic E-state index is 13.2. The average molecular weight is 558 g/mol. The van der Waals surface area contributed by atoms with E-state index in [1.807, 2.05) is 0 Å². The second-order valence-corrected chi connectivity index (χ2v) is 11.2. The standard InChI is InChI=1S/C20H19BrF3N7O2S/c1-4-34(32,33)18-15(17-26-13-7-11(20(22,23)24)8-25-16(13)29(17)2)27-19(30(18)3)31-9-12(21)14(28-31)10-5-6-10/h7-10H,4-6H2,1-3H3. The third-order valence-corrected chi connectivity index (χ3v) is 8.23. The van der Waals surface area contributed by atoms with Crippen LogP contribution in [-0.4, -0.2) is 48.0 Å². The molecule has 0 bridgehead atoms. The molecule has 4 heterocycles. The summed E-state index contributed by atoms with van der Waals surface area (Å²) in [6, 6.07) is 0.885. The van der Waals surface area contributed by atoms with Gasteiger partial charge in [-0.3, -0.25) is 0 Å². The minimum absolute atomic E-state index is 0.0165. The predicted octanol–water partition coefficient (Wildman–Crippen LogP) is 4.01. The fourth-order valence-corrected chi connectivity index (χ4v) is 5.66. The Hall–Kier alpha value is -2.74. The van der Waals surface area contributed by atoms with Crippen molar-refractivity contribution in [1.29, 1.82) is 0 Å². The summed E-state index contributed by atoms with van der Waals surface area (Å²) >= 11 is 3.51. The van der Waals surface area contributed by atoms with Crippen LogP contribution in [0.1, 0.15) is 36.9 Å². The number of pyridine rings is 1. The molecule has 0 atom stereocenters. The first kappa shape index (κ1) is 23.0. The van der Waals surface area contributed by atoms with Crippen LogP contribution in [0.5, 0.6) is 0 Å². The number of hydrogen-bond acceptors (Lipinski definition) is 6. The van der Waals surface area contributed by atoms with Crippen LogP contribution in [0.4, 0.5) is 13.2 Å².